The molecule has 1 aromatic heterocycles. The number of aromatic nitrogens is 3. The van der Waals surface area contributed by atoms with E-state index in [2.05, 4.69) is 10.4 Å². The third-order valence-electron chi connectivity index (χ3n) is 6.09. The van der Waals surface area contributed by atoms with Gasteiger partial charge in [-0.25, -0.2) is 9.48 Å². The Balaban J connectivity index is 1.57. The monoisotopic (exact) mass is 361 g/mol. The van der Waals surface area contributed by atoms with Gasteiger partial charge < -0.3 is 10.2 Å². The molecule has 26 heavy (non-hydrogen) atoms. The number of urea groups is 1. The van der Waals surface area contributed by atoms with Crippen molar-refractivity contribution in [2.24, 2.45) is 5.92 Å². The SMILES string of the molecule is CC(C)n1nc2n(c(=O)c1=O)C[C@H]1CCN(C(=O)NC3CCCC3)C[C@H]21. The summed E-state index contributed by atoms with van der Waals surface area (Å²) in [5.74, 6) is 0.955. The fourth-order valence-corrected chi connectivity index (χ4v) is 4.59. The van der Waals surface area contributed by atoms with Gasteiger partial charge in [0.25, 0.3) is 0 Å². The van der Waals surface area contributed by atoms with Crippen LogP contribution in [0.3, 0.4) is 0 Å². The molecule has 1 aromatic rings. The molecule has 1 aliphatic carbocycles. The molecule has 2 amide bonds. The van der Waals surface area contributed by atoms with Gasteiger partial charge in [0.15, 0.2) is 0 Å². The van der Waals surface area contributed by atoms with E-state index in [1.807, 2.05) is 18.7 Å². The van der Waals surface area contributed by atoms with Gasteiger partial charge in [0.05, 0.1) is 6.04 Å². The predicted molar refractivity (Wildman–Crippen MR) is 96.4 cm³/mol. The van der Waals surface area contributed by atoms with Crippen LogP contribution in [-0.2, 0) is 6.54 Å². The number of carbonyl (C=O) groups is 1. The first-order valence-electron chi connectivity index (χ1n) is 9.74. The van der Waals surface area contributed by atoms with Crippen LogP contribution in [0.2, 0.25) is 0 Å². The summed E-state index contributed by atoms with van der Waals surface area (Å²) in [5.41, 5.74) is -1.04. The highest BCUT2D eigenvalue weighted by Gasteiger charge is 2.41. The summed E-state index contributed by atoms with van der Waals surface area (Å²) in [4.78, 5) is 39.2. The van der Waals surface area contributed by atoms with E-state index in [0.29, 0.717) is 31.5 Å². The number of likely N-dealkylation sites (tertiary alicyclic amines) is 1. The molecular formula is C18H27N5O3. The Hall–Kier alpha value is -2.12. The van der Waals surface area contributed by atoms with E-state index in [0.717, 1.165) is 19.3 Å². The van der Waals surface area contributed by atoms with Crippen molar-refractivity contribution in [3.8, 4) is 0 Å². The van der Waals surface area contributed by atoms with E-state index in [1.54, 1.807) is 0 Å². The summed E-state index contributed by atoms with van der Waals surface area (Å²) in [6, 6.07) is 0.127. The number of hydrogen-bond donors (Lipinski definition) is 1. The molecule has 0 radical (unpaired) electrons. The molecule has 3 heterocycles. The maximum atomic E-state index is 12.6. The van der Waals surface area contributed by atoms with Crippen LogP contribution in [0.25, 0.3) is 0 Å². The van der Waals surface area contributed by atoms with Crippen LogP contribution in [0.15, 0.2) is 9.59 Å². The second-order valence-corrected chi connectivity index (χ2v) is 8.15. The summed E-state index contributed by atoms with van der Waals surface area (Å²) in [6.07, 6.45) is 5.32. The Labute approximate surface area is 152 Å². The lowest BCUT2D eigenvalue weighted by atomic mass is 9.88. The third-order valence-corrected chi connectivity index (χ3v) is 6.09. The number of carbonyl (C=O) groups excluding carboxylic acids is 1. The zero-order valence-corrected chi connectivity index (χ0v) is 15.5. The fraction of sp³-hybridized carbons (Fsp3) is 0.778. The zero-order valence-electron chi connectivity index (χ0n) is 15.5. The van der Waals surface area contributed by atoms with Crippen LogP contribution in [-0.4, -0.2) is 44.4 Å². The van der Waals surface area contributed by atoms with E-state index in [4.69, 9.17) is 0 Å². The molecule has 8 nitrogen and oxygen atoms in total. The predicted octanol–water partition coefficient (Wildman–Crippen LogP) is 1.06. The molecule has 4 rings (SSSR count). The van der Waals surface area contributed by atoms with Crippen molar-refractivity contribution < 1.29 is 4.79 Å². The van der Waals surface area contributed by atoms with Gasteiger partial charge >= 0.3 is 17.1 Å². The van der Waals surface area contributed by atoms with Gasteiger partial charge in [0, 0.05) is 31.6 Å². The first-order chi connectivity index (χ1) is 12.5. The molecule has 1 saturated carbocycles. The molecule has 1 saturated heterocycles. The van der Waals surface area contributed by atoms with Gasteiger partial charge in [-0.2, -0.15) is 5.10 Å². The van der Waals surface area contributed by atoms with Crippen molar-refractivity contribution in [2.45, 2.75) is 70.5 Å². The van der Waals surface area contributed by atoms with E-state index in [9.17, 15) is 14.4 Å². The Bertz CT molecular complexity index is 821. The summed E-state index contributed by atoms with van der Waals surface area (Å²) in [7, 11) is 0. The van der Waals surface area contributed by atoms with Gasteiger partial charge in [-0.3, -0.25) is 14.2 Å². The number of nitrogens with one attached hydrogen (secondary N) is 1. The summed E-state index contributed by atoms with van der Waals surface area (Å²) < 4.78 is 2.82. The molecule has 2 fully saturated rings. The lowest BCUT2D eigenvalue weighted by molar-refractivity contribution is 0.157. The minimum atomic E-state index is -0.557. The first kappa shape index (κ1) is 17.3. The molecule has 0 unspecified atom stereocenters. The third kappa shape index (κ3) is 2.85. The first-order valence-corrected chi connectivity index (χ1v) is 9.74. The Kier molecular flexibility index (Phi) is 4.36. The zero-order chi connectivity index (χ0) is 18.4. The van der Waals surface area contributed by atoms with E-state index >= 15 is 0 Å². The van der Waals surface area contributed by atoms with E-state index < -0.39 is 11.1 Å². The highest BCUT2D eigenvalue weighted by Crippen LogP contribution is 2.37. The second kappa shape index (κ2) is 6.55. The average Bonchev–Trinajstić information content (AvgIpc) is 3.24. The lowest BCUT2D eigenvalue weighted by Crippen LogP contribution is -2.49. The van der Waals surface area contributed by atoms with Crippen molar-refractivity contribution in [3.05, 3.63) is 26.5 Å². The van der Waals surface area contributed by atoms with Gasteiger partial charge in [-0.05, 0) is 39.0 Å². The Morgan fingerprint density at radius 3 is 2.54 bits per heavy atom. The molecular weight excluding hydrogens is 334 g/mol. The van der Waals surface area contributed by atoms with Crippen molar-refractivity contribution in [2.75, 3.05) is 13.1 Å². The van der Waals surface area contributed by atoms with Crippen LogP contribution in [0.5, 0.6) is 0 Å². The van der Waals surface area contributed by atoms with Crippen LogP contribution < -0.4 is 16.4 Å². The van der Waals surface area contributed by atoms with Crippen LogP contribution in [0.1, 0.15) is 63.7 Å². The molecule has 0 aromatic carbocycles. The number of hydrogen-bond acceptors (Lipinski definition) is 4. The van der Waals surface area contributed by atoms with Gasteiger partial charge in [-0.1, -0.05) is 12.8 Å². The molecule has 3 aliphatic rings. The number of fused-ring (bicyclic) bond motifs is 3. The van der Waals surface area contributed by atoms with Crippen molar-refractivity contribution in [1.29, 1.82) is 0 Å². The topological polar surface area (TPSA) is 89.2 Å². The number of rotatable bonds is 2. The molecule has 2 aliphatic heterocycles. The van der Waals surface area contributed by atoms with Gasteiger partial charge in [-0.15, -0.1) is 0 Å². The standard InChI is InChI=1S/C18H27N5O3/c1-11(2)23-17(25)16(24)22-9-12-7-8-21(10-14(12)15(22)20-23)18(26)19-13-5-3-4-6-13/h11-14H,3-10H2,1-2H3,(H,19,26)/t12-,14+/m1/s1. The molecule has 0 bridgehead atoms. The van der Waals surface area contributed by atoms with Gasteiger partial charge in [0.2, 0.25) is 0 Å². The highest BCUT2D eigenvalue weighted by atomic mass is 16.2. The highest BCUT2D eigenvalue weighted by molar-refractivity contribution is 5.74. The maximum absolute atomic E-state index is 12.6. The summed E-state index contributed by atoms with van der Waals surface area (Å²) in [5, 5.41) is 7.65. The Morgan fingerprint density at radius 2 is 1.85 bits per heavy atom. The fourth-order valence-electron chi connectivity index (χ4n) is 4.59. The second-order valence-electron chi connectivity index (χ2n) is 8.15. The van der Waals surface area contributed by atoms with Gasteiger partial charge in [0.1, 0.15) is 5.82 Å². The quantitative estimate of drug-likeness (QED) is 0.798. The van der Waals surface area contributed by atoms with Crippen molar-refractivity contribution >= 4 is 6.03 Å². The summed E-state index contributed by atoms with van der Waals surface area (Å²) in [6.45, 7) is 5.49. The lowest BCUT2D eigenvalue weighted by Gasteiger charge is -2.34. The smallest absolute Gasteiger partial charge is 0.332 e. The van der Waals surface area contributed by atoms with Crippen LogP contribution >= 0.6 is 0 Å². The summed E-state index contributed by atoms with van der Waals surface area (Å²) >= 11 is 0. The number of piperidine rings is 1. The van der Waals surface area contributed by atoms with E-state index in [-0.39, 0.29) is 23.9 Å². The Morgan fingerprint density at radius 1 is 1.12 bits per heavy atom. The van der Waals surface area contributed by atoms with Crippen LogP contribution in [0.4, 0.5) is 4.79 Å². The van der Waals surface area contributed by atoms with E-state index in [1.165, 1.54) is 22.1 Å². The molecule has 2 atom stereocenters. The molecule has 1 N–H and O–H groups in total. The number of amides is 2. The minimum Gasteiger partial charge on any atom is -0.335 e. The van der Waals surface area contributed by atoms with Crippen molar-refractivity contribution in [1.82, 2.24) is 24.6 Å². The minimum absolute atomic E-state index is 0.00618. The largest absolute Gasteiger partial charge is 0.335 e. The van der Waals surface area contributed by atoms with Crippen molar-refractivity contribution in [3.63, 3.8) is 0 Å². The molecule has 0 spiro atoms. The normalized spacial score (nSPS) is 25.4. The van der Waals surface area contributed by atoms with Crippen LogP contribution in [0, 0.1) is 5.92 Å². The maximum Gasteiger partial charge on any atom is 0.332 e. The molecule has 142 valence electrons. The average molecular weight is 361 g/mol. The molecule has 8 heteroatoms. The number of nitrogens with zero attached hydrogens (tertiary/aromatic N) is 4.